The Morgan fingerprint density at radius 3 is 2.94 bits per heavy atom. The van der Waals surface area contributed by atoms with E-state index < -0.39 is 0 Å². The Morgan fingerprint density at radius 1 is 1.35 bits per heavy atom. The van der Waals surface area contributed by atoms with Crippen LogP contribution in [0, 0.1) is 0 Å². The maximum absolute atomic E-state index is 4.60. The molecule has 0 spiro atoms. The number of nitrogens with one attached hydrogen (secondary N) is 2. The van der Waals surface area contributed by atoms with Gasteiger partial charge in [-0.3, -0.25) is 0 Å². The minimum Gasteiger partial charge on any atom is -0.357 e. The molecule has 0 aromatic carbocycles. The van der Waals surface area contributed by atoms with Crippen LogP contribution >= 0.6 is 11.3 Å². The molecule has 0 amide bonds. The molecule has 3 heterocycles. The Morgan fingerprint density at radius 2 is 2.18 bits per heavy atom. The summed E-state index contributed by atoms with van der Waals surface area (Å²) in [7, 11) is 1.86. The van der Waals surface area contributed by atoms with Gasteiger partial charge in [-0.2, -0.15) is 4.98 Å². The molecule has 2 aromatic heterocycles. The zero-order valence-electron chi connectivity index (χ0n) is 9.73. The van der Waals surface area contributed by atoms with Gasteiger partial charge in [0.25, 0.3) is 0 Å². The molecule has 0 radical (unpaired) electrons. The van der Waals surface area contributed by atoms with Crippen molar-refractivity contribution < 1.29 is 0 Å². The fraction of sp³-hybridized carbons (Fsp3) is 0.455. The second-order valence-electron chi connectivity index (χ2n) is 4.00. The molecular weight excluding hydrogens is 234 g/mol. The Kier molecular flexibility index (Phi) is 2.82. The van der Waals surface area contributed by atoms with Gasteiger partial charge >= 0.3 is 0 Å². The van der Waals surface area contributed by atoms with Crippen LogP contribution in [0.25, 0.3) is 10.2 Å². The van der Waals surface area contributed by atoms with Gasteiger partial charge in [-0.15, -0.1) is 11.3 Å². The predicted octanol–water partition coefficient (Wildman–Crippen LogP) is 1.14. The normalized spacial score (nSPS) is 16.4. The van der Waals surface area contributed by atoms with Crippen molar-refractivity contribution in [1.29, 1.82) is 0 Å². The van der Waals surface area contributed by atoms with E-state index in [2.05, 4.69) is 36.9 Å². The van der Waals surface area contributed by atoms with Crippen molar-refractivity contribution in [2.75, 3.05) is 43.4 Å². The molecule has 1 aliphatic rings. The van der Waals surface area contributed by atoms with E-state index in [1.54, 1.807) is 11.3 Å². The Bertz CT molecular complexity index is 518. The standard InChI is InChI=1S/C11H15N5S/c1-12-11-14-9(16-5-3-13-4-6-16)8-2-7-17-10(8)15-11/h2,7,13H,3-6H2,1H3,(H,12,14,15). The van der Waals surface area contributed by atoms with Gasteiger partial charge < -0.3 is 15.5 Å². The summed E-state index contributed by atoms with van der Waals surface area (Å²) in [6, 6.07) is 2.11. The number of piperazine rings is 1. The molecular formula is C11H15N5S. The number of fused-ring (bicyclic) bond motifs is 1. The molecule has 2 N–H and O–H groups in total. The van der Waals surface area contributed by atoms with Crippen LogP contribution in [-0.4, -0.2) is 43.2 Å². The summed E-state index contributed by atoms with van der Waals surface area (Å²) < 4.78 is 0. The van der Waals surface area contributed by atoms with Crippen LogP contribution in [0.15, 0.2) is 11.4 Å². The van der Waals surface area contributed by atoms with Crippen molar-refractivity contribution in [2.24, 2.45) is 0 Å². The molecule has 0 unspecified atom stereocenters. The molecule has 5 nitrogen and oxygen atoms in total. The highest BCUT2D eigenvalue weighted by molar-refractivity contribution is 7.16. The van der Waals surface area contributed by atoms with Crippen molar-refractivity contribution in [2.45, 2.75) is 0 Å². The van der Waals surface area contributed by atoms with Gasteiger partial charge in [0.2, 0.25) is 5.95 Å². The summed E-state index contributed by atoms with van der Waals surface area (Å²) in [5, 5.41) is 9.62. The van der Waals surface area contributed by atoms with E-state index in [0.717, 1.165) is 42.2 Å². The van der Waals surface area contributed by atoms with Crippen molar-refractivity contribution in [1.82, 2.24) is 15.3 Å². The molecule has 2 aromatic rings. The van der Waals surface area contributed by atoms with E-state index in [4.69, 9.17) is 0 Å². The second-order valence-corrected chi connectivity index (χ2v) is 4.89. The largest absolute Gasteiger partial charge is 0.357 e. The van der Waals surface area contributed by atoms with Gasteiger partial charge in [0.1, 0.15) is 10.6 Å². The number of thiophene rings is 1. The lowest BCUT2D eigenvalue weighted by atomic mass is 10.3. The average molecular weight is 249 g/mol. The molecule has 90 valence electrons. The molecule has 0 aliphatic carbocycles. The number of nitrogens with zero attached hydrogens (tertiary/aromatic N) is 3. The first-order valence-electron chi connectivity index (χ1n) is 5.77. The molecule has 1 saturated heterocycles. The Labute approximate surface area is 104 Å². The fourth-order valence-electron chi connectivity index (χ4n) is 2.07. The highest BCUT2D eigenvalue weighted by Crippen LogP contribution is 2.29. The molecule has 0 bridgehead atoms. The van der Waals surface area contributed by atoms with Crippen LogP contribution in [0.5, 0.6) is 0 Å². The van der Waals surface area contributed by atoms with Crippen molar-refractivity contribution >= 4 is 33.3 Å². The summed E-state index contributed by atoms with van der Waals surface area (Å²) in [6.45, 7) is 4.05. The highest BCUT2D eigenvalue weighted by atomic mass is 32.1. The number of aromatic nitrogens is 2. The SMILES string of the molecule is CNc1nc(N2CCNCC2)c2ccsc2n1. The van der Waals surface area contributed by atoms with E-state index >= 15 is 0 Å². The molecule has 6 heteroatoms. The van der Waals surface area contributed by atoms with E-state index in [1.165, 1.54) is 0 Å². The zero-order valence-corrected chi connectivity index (χ0v) is 10.5. The molecule has 17 heavy (non-hydrogen) atoms. The topological polar surface area (TPSA) is 53.1 Å². The van der Waals surface area contributed by atoms with Crippen LogP contribution in [0.3, 0.4) is 0 Å². The quantitative estimate of drug-likeness (QED) is 0.836. The van der Waals surface area contributed by atoms with Crippen LogP contribution in [0.1, 0.15) is 0 Å². The summed E-state index contributed by atoms with van der Waals surface area (Å²) in [5.74, 6) is 1.76. The number of hydrogen-bond donors (Lipinski definition) is 2. The van der Waals surface area contributed by atoms with Crippen LogP contribution in [0.4, 0.5) is 11.8 Å². The smallest absolute Gasteiger partial charge is 0.225 e. The molecule has 1 fully saturated rings. The van der Waals surface area contributed by atoms with Gasteiger partial charge in [-0.05, 0) is 11.4 Å². The first-order valence-corrected chi connectivity index (χ1v) is 6.65. The maximum atomic E-state index is 4.60. The number of hydrogen-bond acceptors (Lipinski definition) is 6. The van der Waals surface area contributed by atoms with E-state index in [0.29, 0.717) is 5.95 Å². The van der Waals surface area contributed by atoms with Crippen LogP contribution < -0.4 is 15.5 Å². The molecule has 0 atom stereocenters. The van der Waals surface area contributed by atoms with Crippen molar-refractivity contribution in [3.05, 3.63) is 11.4 Å². The third-order valence-corrected chi connectivity index (χ3v) is 3.75. The molecule has 3 rings (SSSR count). The van der Waals surface area contributed by atoms with Gasteiger partial charge in [0, 0.05) is 33.2 Å². The van der Waals surface area contributed by atoms with E-state index in [-0.39, 0.29) is 0 Å². The highest BCUT2D eigenvalue weighted by Gasteiger charge is 2.16. The van der Waals surface area contributed by atoms with E-state index in [1.807, 2.05) is 7.05 Å². The summed E-state index contributed by atoms with van der Waals surface area (Å²) in [4.78, 5) is 12.4. The minimum atomic E-state index is 0.702. The Hall–Kier alpha value is -1.40. The first-order chi connectivity index (χ1) is 8.38. The van der Waals surface area contributed by atoms with Gasteiger partial charge in [-0.25, -0.2) is 4.98 Å². The van der Waals surface area contributed by atoms with E-state index in [9.17, 15) is 0 Å². The summed E-state index contributed by atoms with van der Waals surface area (Å²) in [5.41, 5.74) is 0. The fourth-order valence-corrected chi connectivity index (χ4v) is 2.83. The first kappa shape index (κ1) is 10.7. The third kappa shape index (κ3) is 1.94. The monoisotopic (exact) mass is 249 g/mol. The zero-order chi connectivity index (χ0) is 11.7. The predicted molar refractivity (Wildman–Crippen MR) is 72.0 cm³/mol. The maximum Gasteiger partial charge on any atom is 0.225 e. The second kappa shape index (κ2) is 4.46. The average Bonchev–Trinajstić information content (AvgIpc) is 2.86. The number of rotatable bonds is 2. The molecule has 1 aliphatic heterocycles. The third-order valence-electron chi connectivity index (χ3n) is 2.95. The van der Waals surface area contributed by atoms with Crippen LogP contribution in [0.2, 0.25) is 0 Å². The van der Waals surface area contributed by atoms with Gasteiger partial charge in [-0.1, -0.05) is 0 Å². The van der Waals surface area contributed by atoms with Crippen molar-refractivity contribution in [3.63, 3.8) is 0 Å². The number of anilines is 2. The lowest BCUT2D eigenvalue weighted by Gasteiger charge is -2.29. The Balaban J connectivity index is 2.08. The lowest BCUT2D eigenvalue weighted by molar-refractivity contribution is 0.586. The van der Waals surface area contributed by atoms with Gasteiger partial charge in [0.15, 0.2) is 0 Å². The van der Waals surface area contributed by atoms with Crippen molar-refractivity contribution in [3.8, 4) is 0 Å². The molecule has 0 saturated carbocycles. The summed E-state index contributed by atoms with van der Waals surface area (Å²) >= 11 is 1.66. The minimum absolute atomic E-state index is 0.702. The lowest BCUT2D eigenvalue weighted by Crippen LogP contribution is -2.44. The van der Waals surface area contributed by atoms with Crippen LogP contribution in [-0.2, 0) is 0 Å². The van der Waals surface area contributed by atoms with Gasteiger partial charge in [0.05, 0.1) is 5.39 Å². The summed E-state index contributed by atoms with van der Waals surface area (Å²) in [6.07, 6.45) is 0.